The molecule has 0 unspecified atom stereocenters. The Balaban J connectivity index is 1.69. The molecule has 1 aliphatic carbocycles. The lowest BCUT2D eigenvalue weighted by Gasteiger charge is -2.33. The fourth-order valence-corrected chi connectivity index (χ4v) is 4.68. The number of thiocarbonyl (C=S) groups is 1. The number of rotatable bonds is 4. The summed E-state index contributed by atoms with van der Waals surface area (Å²) in [4.78, 5) is 25.3. The minimum atomic E-state index is -3.60. The Morgan fingerprint density at radius 2 is 1.93 bits per heavy atom. The molecule has 0 atom stereocenters. The van der Waals surface area contributed by atoms with Crippen molar-refractivity contribution in [2.45, 2.75) is 43.0 Å². The highest BCUT2D eigenvalue weighted by molar-refractivity contribution is 7.89. The summed E-state index contributed by atoms with van der Waals surface area (Å²) < 4.78 is 25.7. The fraction of sp³-hybridized carbons (Fsp3) is 0.500. The van der Waals surface area contributed by atoms with Crippen LogP contribution in [-0.4, -0.2) is 54.4 Å². The van der Waals surface area contributed by atoms with Crippen LogP contribution in [0.4, 0.5) is 10.5 Å². The Bertz CT molecular complexity index is 939. The van der Waals surface area contributed by atoms with E-state index in [-0.39, 0.29) is 15.9 Å². The third-order valence-electron chi connectivity index (χ3n) is 5.37. The maximum Gasteiger partial charge on any atom is 0.344 e. The number of sulfonamides is 1. The van der Waals surface area contributed by atoms with Crippen molar-refractivity contribution < 1.29 is 18.0 Å². The van der Waals surface area contributed by atoms with E-state index in [0.717, 1.165) is 22.2 Å². The number of nitrogens with one attached hydrogen (secondary N) is 3. The molecule has 1 heterocycles. The second-order valence-electron chi connectivity index (χ2n) is 7.72. The van der Waals surface area contributed by atoms with Gasteiger partial charge in [-0.25, -0.2) is 17.5 Å². The van der Waals surface area contributed by atoms with E-state index in [1.54, 1.807) is 12.1 Å². The van der Waals surface area contributed by atoms with Crippen LogP contribution in [0.1, 0.15) is 32.6 Å². The highest BCUT2D eigenvalue weighted by atomic mass is 32.2. The average molecular weight is 440 g/mol. The lowest BCUT2D eigenvalue weighted by atomic mass is 9.77. The number of amides is 3. The number of urea groups is 1. The number of carbonyl (C=O) groups is 2. The lowest BCUT2D eigenvalue weighted by molar-refractivity contribution is -0.133. The summed E-state index contributed by atoms with van der Waals surface area (Å²) in [6.45, 7) is 2.13. The van der Waals surface area contributed by atoms with Gasteiger partial charge in [-0.05, 0) is 62.0 Å². The van der Waals surface area contributed by atoms with E-state index in [9.17, 15) is 18.0 Å². The van der Waals surface area contributed by atoms with Crippen molar-refractivity contribution in [3.05, 3.63) is 24.3 Å². The third-order valence-corrected chi connectivity index (χ3v) is 7.38. The normalized spacial score (nSPS) is 24.7. The number of hydrogen-bond donors (Lipinski definition) is 3. The van der Waals surface area contributed by atoms with E-state index < -0.39 is 21.6 Å². The summed E-state index contributed by atoms with van der Waals surface area (Å²) in [5.74, 6) is 0.184. The van der Waals surface area contributed by atoms with Crippen molar-refractivity contribution in [2.75, 3.05) is 19.4 Å². The minimum absolute atomic E-state index is 0.00845. The summed E-state index contributed by atoms with van der Waals surface area (Å²) in [6, 6.07) is 5.57. The highest BCUT2D eigenvalue weighted by Crippen LogP contribution is 2.35. The van der Waals surface area contributed by atoms with Gasteiger partial charge in [0.1, 0.15) is 5.54 Å². The second kappa shape index (κ2) is 7.88. The molecule has 2 aliphatic rings. The van der Waals surface area contributed by atoms with Crippen molar-refractivity contribution in [3.8, 4) is 0 Å². The van der Waals surface area contributed by atoms with E-state index in [4.69, 9.17) is 12.2 Å². The zero-order valence-electron chi connectivity index (χ0n) is 16.6. The van der Waals surface area contributed by atoms with Crippen molar-refractivity contribution in [3.63, 3.8) is 0 Å². The van der Waals surface area contributed by atoms with Crippen LogP contribution in [0.2, 0.25) is 0 Å². The summed E-state index contributed by atoms with van der Waals surface area (Å²) >= 11 is 5.22. The molecule has 1 aromatic rings. The van der Waals surface area contributed by atoms with Crippen LogP contribution < -0.4 is 16.1 Å². The van der Waals surface area contributed by atoms with E-state index in [1.165, 1.54) is 26.2 Å². The number of benzene rings is 1. The van der Waals surface area contributed by atoms with E-state index in [2.05, 4.69) is 23.0 Å². The molecule has 3 N–H and O–H groups in total. The maximum absolute atomic E-state index is 12.9. The SMILES string of the molecule is CC1CCC2(CC1)NC(=O)N(NC(=S)Nc1cccc(S(=O)(=O)N(C)C)c1)C2=O. The van der Waals surface area contributed by atoms with Gasteiger partial charge in [0.2, 0.25) is 10.0 Å². The minimum Gasteiger partial charge on any atom is -0.331 e. The molecular weight excluding hydrogens is 414 g/mol. The predicted molar refractivity (Wildman–Crippen MR) is 112 cm³/mol. The predicted octanol–water partition coefficient (Wildman–Crippen LogP) is 1.64. The first kappa shape index (κ1) is 21.5. The van der Waals surface area contributed by atoms with Gasteiger partial charge < -0.3 is 10.6 Å². The Morgan fingerprint density at radius 3 is 2.55 bits per heavy atom. The van der Waals surface area contributed by atoms with Gasteiger partial charge in [-0.2, -0.15) is 5.01 Å². The summed E-state index contributed by atoms with van der Waals surface area (Å²) in [5, 5.41) is 6.53. The Morgan fingerprint density at radius 1 is 1.28 bits per heavy atom. The molecule has 1 aliphatic heterocycles. The van der Waals surface area contributed by atoms with Gasteiger partial charge in [0.15, 0.2) is 5.11 Å². The van der Waals surface area contributed by atoms with Gasteiger partial charge in [-0.1, -0.05) is 13.0 Å². The Hall–Kier alpha value is -2.24. The molecule has 1 saturated carbocycles. The molecule has 3 rings (SSSR count). The highest BCUT2D eigenvalue weighted by Gasteiger charge is 2.52. The number of nitrogens with zero attached hydrogens (tertiary/aromatic N) is 2. The van der Waals surface area contributed by atoms with Crippen LogP contribution in [0.5, 0.6) is 0 Å². The van der Waals surface area contributed by atoms with Crippen LogP contribution in [0.15, 0.2) is 29.2 Å². The number of hydrazine groups is 1. The molecule has 2 fully saturated rings. The summed E-state index contributed by atoms with van der Waals surface area (Å²) in [7, 11) is -0.706. The largest absolute Gasteiger partial charge is 0.344 e. The first-order valence-electron chi connectivity index (χ1n) is 9.32. The van der Waals surface area contributed by atoms with Gasteiger partial charge in [-0.15, -0.1) is 0 Å². The van der Waals surface area contributed by atoms with Crippen molar-refractivity contribution >= 4 is 45.0 Å². The fourth-order valence-electron chi connectivity index (χ4n) is 3.52. The molecule has 1 saturated heterocycles. The molecule has 1 spiro atoms. The van der Waals surface area contributed by atoms with Gasteiger partial charge in [0.25, 0.3) is 5.91 Å². The van der Waals surface area contributed by atoms with Gasteiger partial charge in [0.05, 0.1) is 4.90 Å². The van der Waals surface area contributed by atoms with Crippen LogP contribution >= 0.6 is 12.2 Å². The molecule has 0 bridgehead atoms. The smallest absolute Gasteiger partial charge is 0.331 e. The number of imide groups is 1. The molecule has 158 valence electrons. The maximum atomic E-state index is 12.9. The van der Waals surface area contributed by atoms with Crippen LogP contribution in [0.3, 0.4) is 0 Å². The van der Waals surface area contributed by atoms with Crippen molar-refractivity contribution in [1.29, 1.82) is 0 Å². The van der Waals surface area contributed by atoms with Crippen molar-refractivity contribution in [1.82, 2.24) is 20.1 Å². The van der Waals surface area contributed by atoms with Crippen molar-refractivity contribution in [2.24, 2.45) is 5.92 Å². The quantitative estimate of drug-likeness (QED) is 0.483. The second-order valence-corrected chi connectivity index (χ2v) is 10.3. The monoisotopic (exact) mass is 439 g/mol. The van der Waals surface area contributed by atoms with Gasteiger partial charge in [-0.3, -0.25) is 10.2 Å². The number of hydrogen-bond acceptors (Lipinski definition) is 5. The first-order valence-corrected chi connectivity index (χ1v) is 11.2. The summed E-state index contributed by atoms with van der Waals surface area (Å²) in [5.41, 5.74) is 2.17. The van der Waals surface area contributed by atoms with E-state index >= 15 is 0 Å². The third kappa shape index (κ3) is 4.21. The van der Waals surface area contributed by atoms with Crippen LogP contribution in [0.25, 0.3) is 0 Å². The Kier molecular flexibility index (Phi) is 5.84. The number of carbonyl (C=O) groups excluding carboxylic acids is 2. The molecule has 1 aromatic carbocycles. The van der Waals surface area contributed by atoms with E-state index in [1.807, 2.05) is 0 Å². The van der Waals surface area contributed by atoms with Crippen LogP contribution in [-0.2, 0) is 14.8 Å². The Labute approximate surface area is 175 Å². The zero-order valence-corrected chi connectivity index (χ0v) is 18.2. The van der Waals surface area contributed by atoms with Crippen LogP contribution in [0, 0.1) is 5.92 Å². The molecule has 11 heteroatoms. The molecule has 29 heavy (non-hydrogen) atoms. The first-order chi connectivity index (χ1) is 13.5. The molecule has 3 amide bonds. The molecule has 0 aromatic heterocycles. The van der Waals surface area contributed by atoms with E-state index in [0.29, 0.717) is 24.4 Å². The topological polar surface area (TPSA) is 111 Å². The molecule has 9 nitrogen and oxygen atoms in total. The number of anilines is 1. The van der Waals surface area contributed by atoms with Gasteiger partial charge in [0, 0.05) is 19.8 Å². The molecular formula is C18H25N5O4S2. The lowest BCUT2D eigenvalue weighted by Crippen LogP contribution is -2.52. The molecule has 0 radical (unpaired) electrons. The zero-order chi connectivity index (χ0) is 21.4. The standard InChI is InChI=1S/C18H25N5O4S2/c1-12-7-9-18(10-8-12)15(24)23(17(25)20-18)21-16(28)19-13-5-4-6-14(11-13)29(26,27)22(2)3/h4-6,11-12H,7-10H2,1-3H3,(H,20,25)(H2,19,21,28). The van der Waals surface area contributed by atoms with Gasteiger partial charge >= 0.3 is 6.03 Å². The summed E-state index contributed by atoms with van der Waals surface area (Å²) in [6.07, 6.45) is 2.94. The average Bonchev–Trinajstić information content (AvgIpc) is 2.88.